The number of amides is 2. The molecule has 0 saturated heterocycles. The molecule has 1 aliphatic heterocycles. The Bertz CT molecular complexity index is 1430. The predicted octanol–water partition coefficient (Wildman–Crippen LogP) is 5.52. The molecule has 1 unspecified atom stereocenters. The summed E-state index contributed by atoms with van der Waals surface area (Å²) in [4.78, 5) is 46.2. The van der Waals surface area contributed by atoms with E-state index >= 15 is 0 Å². The molecule has 10 heteroatoms. The standard InChI is InChI=1S/C30H28Cl2N2O6/c31-19-13-14-22(23(32)15-19)27-26(28(36)33-40-16-17-9-11-18(12-10-17)30(38)39)20-5-1-2-6-21(20)29(37)34(27)24-7-3-4-8-25(24)35/h1-2,5-6,9-15,24-27,35H,3-4,7-8,16H2,(H,33,36)(H,38,39)/t24-,25?,26+,27-/m0/s1. The summed E-state index contributed by atoms with van der Waals surface area (Å²) < 4.78 is 0. The van der Waals surface area contributed by atoms with Crippen molar-refractivity contribution in [2.75, 3.05) is 0 Å². The molecule has 40 heavy (non-hydrogen) atoms. The second-order valence-electron chi connectivity index (χ2n) is 10.1. The van der Waals surface area contributed by atoms with Gasteiger partial charge in [-0.1, -0.05) is 72.4 Å². The highest BCUT2D eigenvalue weighted by molar-refractivity contribution is 6.35. The Kier molecular flexibility index (Phi) is 8.42. The highest BCUT2D eigenvalue weighted by Gasteiger charge is 2.49. The lowest BCUT2D eigenvalue weighted by atomic mass is 9.77. The van der Waals surface area contributed by atoms with E-state index in [0.29, 0.717) is 45.1 Å². The highest BCUT2D eigenvalue weighted by Crippen LogP contribution is 2.47. The molecule has 4 atom stereocenters. The number of hydroxylamine groups is 1. The van der Waals surface area contributed by atoms with Gasteiger partial charge in [0.25, 0.3) is 11.8 Å². The third-order valence-electron chi connectivity index (χ3n) is 7.60. The second-order valence-corrected chi connectivity index (χ2v) is 10.9. The van der Waals surface area contributed by atoms with Crippen LogP contribution < -0.4 is 5.48 Å². The molecule has 0 aromatic heterocycles. The normalized spacial score (nSPS) is 22.5. The molecule has 208 valence electrons. The number of aliphatic hydroxyl groups excluding tert-OH is 1. The van der Waals surface area contributed by atoms with Crippen LogP contribution in [0.3, 0.4) is 0 Å². The number of benzene rings is 3. The van der Waals surface area contributed by atoms with E-state index in [0.717, 1.165) is 12.8 Å². The smallest absolute Gasteiger partial charge is 0.335 e. The van der Waals surface area contributed by atoms with Crippen LogP contribution in [0, 0.1) is 0 Å². The molecule has 5 rings (SSSR count). The van der Waals surface area contributed by atoms with Gasteiger partial charge in [-0.25, -0.2) is 10.3 Å². The Morgan fingerprint density at radius 1 is 0.975 bits per heavy atom. The SMILES string of the molecule is O=C(O)c1ccc(CONC(=O)[C@@H]2c3ccccc3C(=O)N([C@H]3CCCCC3O)[C@H]2c2ccc(Cl)cc2Cl)cc1. The zero-order valence-electron chi connectivity index (χ0n) is 21.4. The van der Waals surface area contributed by atoms with E-state index < -0.39 is 36.0 Å². The van der Waals surface area contributed by atoms with Crippen molar-refractivity contribution in [1.29, 1.82) is 0 Å². The first kappa shape index (κ1) is 28.1. The first-order valence-electron chi connectivity index (χ1n) is 13.0. The summed E-state index contributed by atoms with van der Waals surface area (Å²) in [5.74, 6) is -2.71. The maximum Gasteiger partial charge on any atom is 0.335 e. The second kappa shape index (κ2) is 12.0. The van der Waals surface area contributed by atoms with E-state index in [-0.39, 0.29) is 18.1 Å². The van der Waals surface area contributed by atoms with Crippen molar-refractivity contribution in [3.8, 4) is 0 Å². The van der Waals surface area contributed by atoms with Gasteiger partial charge in [0.1, 0.15) is 0 Å². The lowest BCUT2D eigenvalue weighted by molar-refractivity contribution is -0.138. The number of rotatable bonds is 7. The molecule has 3 aromatic rings. The van der Waals surface area contributed by atoms with Crippen LogP contribution in [-0.2, 0) is 16.2 Å². The number of carboxylic acid groups (broad SMARTS) is 1. The van der Waals surface area contributed by atoms with Crippen LogP contribution in [-0.4, -0.2) is 45.0 Å². The summed E-state index contributed by atoms with van der Waals surface area (Å²) in [6, 6.07) is 16.7. The number of aromatic carboxylic acids is 1. The summed E-state index contributed by atoms with van der Waals surface area (Å²) in [5, 5.41) is 20.8. The number of carboxylic acids is 1. The molecule has 3 N–H and O–H groups in total. The molecule has 1 fully saturated rings. The average Bonchev–Trinajstić information content (AvgIpc) is 2.94. The Hall–Kier alpha value is -3.43. The van der Waals surface area contributed by atoms with Crippen molar-refractivity contribution < 1.29 is 29.4 Å². The highest BCUT2D eigenvalue weighted by atomic mass is 35.5. The third kappa shape index (κ3) is 5.58. The molecule has 1 saturated carbocycles. The Balaban J connectivity index is 1.51. The first-order chi connectivity index (χ1) is 19.3. The van der Waals surface area contributed by atoms with E-state index in [1.807, 2.05) is 0 Å². The van der Waals surface area contributed by atoms with E-state index in [9.17, 15) is 19.5 Å². The fraction of sp³-hybridized carbons (Fsp3) is 0.300. The van der Waals surface area contributed by atoms with Crippen molar-refractivity contribution in [1.82, 2.24) is 10.4 Å². The quantitative estimate of drug-likeness (QED) is 0.316. The van der Waals surface area contributed by atoms with Gasteiger partial charge >= 0.3 is 5.97 Å². The van der Waals surface area contributed by atoms with Gasteiger partial charge in [0.05, 0.1) is 36.3 Å². The fourth-order valence-electron chi connectivity index (χ4n) is 5.69. The lowest BCUT2D eigenvalue weighted by Gasteiger charge is -2.48. The van der Waals surface area contributed by atoms with Crippen LogP contribution in [0.4, 0.5) is 0 Å². The number of hydrogen-bond donors (Lipinski definition) is 3. The van der Waals surface area contributed by atoms with E-state index in [1.165, 1.54) is 12.1 Å². The van der Waals surface area contributed by atoms with E-state index in [2.05, 4.69) is 5.48 Å². The van der Waals surface area contributed by atoms with Crippen molar-refractivity contribution in [2.24, 2.45) is 0 Å². The number of nitrogens with one attached hydrogen (secondary N) is 1. The lowest BCUT2D eigenvalue weighted by Crippen LogP contribution is -2.55. The van der Waals surface area contributed by atoms with Crippen molar-refractivity contribution in [2.45, 2.75) is 56.4 Å². The molecular formula is C30H28Cl2N2O6. The van der Waals surface area contributed by atoms with Crippen LogP contribution in [0.5, 0.6) is 0 Å². The largest absolute Gasteiger partial charge is 0.478 e. The van der Waals surface area contributed by atoms with Gasteiger partial charge in [-0.3, -0.25) is 14.4 Å². The Morgan fingerprint density at radius 3 is 2.40 bits per heavy atom. The number of fused-ring (bicyclic) bond motifs is 1. The number of carbonyl (C=O) groups excluding carboxylic acids is 2. The first-order valence-corrected chi connectivity index (χ1v) is 13.8. The fourth-order valence-corrected chi connectivity index (χ4v) is 6.21. The van der Waals surface area contributed by atoms with Crippen molar-refractivity contribution in [3.63, 3.8) is 0 Å². The van der Waals surface area contributed by atoms with Crippen LogP contribution in [0.2, 0.25) is 10.0 Å². The summed E-state index contributed by atoms with van der Waals surface area (Å²) in [6.07, 6.45) is 2.10. The van der Waals surface area contributed by atoms with Crippen molar-refractivity contribution >= 4 is 41.0 Å². The van der Waals surface area contributed by atoms with Crippen LogP contribution in [0.25, 0.3) is 0 Å². The van der Waals surface area contributed by atoms with Gasteiger partial charge in [-0.05, 0) is 59.9 Å². The molecule has 0 bridgehead atoms. The molecule has 3 aromatic carbocycles. The van der Waals surface area contributed by atoms with Crippen LogP contribution in [0.1, 0.15) is 75.0 Å². The molecule has 1 heterocycles. The Labute approximate surface area is 241 Å². The molecule has 8 nitrogen and oxygen atoms in total. The van der Waals surface area contributed by atoms with Crippen LogP contribution >= 0.6 is 23.2 Å². The maximum absolute atomic E-state index is 14.0. The van der Waals surface area contributed by atoms with Gasteiger partial charge in [0.15, 0.2) is 0 Å². The summed E-state index contributed by atoms with van der Waals surface area (Å²) >= 11 is 12.9. The Morgan fingerprint density at radius 2 is 1.70 bits per heavy atom. The summed E-state index contributed by atoms with van der Waals surface area (Å²) in [5.41, 5.74) is 4.78. The minimum Gasteiger partial charge on any atom is -0.478 e. The van der Waals surface area contributed by atoms with Gasteiger partial charge < -0.3 is 15.1 Å². The monoisotopic (exact) mass is 582 g/mol. The predicted molar refractivity (Wildman–Crippen MR) is 149 cm³/mol. The van der Waals surface area contributed by atoms with Crippen molar-refractivity contribution in [3.05, 3.63) is 105 Å². The third-order valence-corrected chi connectivity index (χ3v) is 8.17. The molecule has 1 aliphatic carbocycles. The number of hydrogen-bond acceptors (Lipinski definition) is 5. The molecule has 0 spiro atoms. The molecule has 2 aliphatic rings. The van der Waals surface area contributed by atoms with Gasteiger partial charge in [0, 0.05) is 15.6 Å². The van der Waals surface area contributed by atoms with Crippen LogP contribution in [0.15, 0.2) is 66.7 Å². The van der Waals surface area contributed by atoms with E-state index in [1.54, 1.807) is 59.5 Å². The molecule has 2 amide bonds. The number of nitrogens with zero attached hydrogens (tertiary/aromatic N) is 1. The maximum atomic E-state index is 14.0. The minimum atomic E-state index is -1.04. The number of halogens is 2. The van der Waals surface area contributed by atoms with Gasteiger partial charge in [0.2, 0.25) is 0 Å². The summed E-state index contributed by atoms with van der Waals surface area (Å²) in [6.45, 7) is -0.00361. The topological polar surface area (TPSA) is 116 Å². The summed E-state index contributed by atoms with van der Waals surface area (Å²) in [7, 11) is 0. The zero-order chi connectivity index (χ0) is 28.4. The van der Waals surface area contributed by atoms with Gasteiger partial charge in [-0.2, -0.15) is 0 Å². The average molecular weight is 583 g/mol. The van der Waals surface area contributed by atoms with Gasteiger partial charge in [-0.15, -0.1) is 0 Å². The number of carbonyl (C=O) groups is 3. The minimum absolute atomic E-state index is 0.00361. The molecule has 0 radical (unpaired) electrons. The van der Waals surface area contributed by atoms with E-state index in [4.69, 9.17) is 33.1 Å². The molecular weight excluding hydrogens is 555 g/mol. The number of aliphatic hydroxyl groups is 1. The zero-order valence-corrected chi connectivity index (χ0v) is 22.9.